The smallest absolute Gasteiger partial charge is 0.163 e. The molecule has 0 unspecified atom stereocenters. The van der Waals surface area contributed by atoms with Gasteiger partial charge in [-0.25, -0.2) is 0 Å². The second-order valence-corrected chi connectivity index (χ2v) is 4.12. The summed E-state index contributed by atoms with van der Waals surface area (Å²) in [6, 6.07) is 5.76. The van der Waals surface area contributed by atoms with Gasteiger partial charge in [0, 0.05) is 23.2 Å². The van der Waals surface area contributed by atoms with Crippen LogP contribution in [-0.2, 0) is 0 Å². The van der Waals surface area contributed by atoms with Gasteiger partial charge in [-0.1, -0.05) is 18.2 Å². The van der Waals surface area contributed by atoms with Crippen molar-refractivity contribution in [2.24, 2.45) is 0 Å². The van der Waals surface area contributed by atoms with Crippen molar-refractivity contribution in [2.45, 2.75) is 6.42 Å². The topological polar surface area (TPSA) is 30.5 Å². The molecular formula is C12H14ClNO2. The van der Waals surface area contributed by atoms with Crippen LogP contribution in [0.25, 0.3) is 0 Å². The number of fused-ring (bicyclic) bond motifs is 1. The fourth-order valence-corrected chi connectivity index (χ4v) is 1.54. The van der Waals surface area contributed by atoms with Crippen LogP contribution >= 0.6 is 11.6 Å². The van der Waals surface area contributed by atoms with Crippen LogP contribution in [0.1, 0.15) is 6.42 Å². The van der Waals surface area contributed by atoms with Crippen LogP contribution in [0, 0.1) is 0 Å². The van der Waals surface area contributed by atoms with Crippen molar-refractivity contribution >= 4 is 17.3 Å². The Labute approximate surface area is 100 Å². The van der Waals surface area contributed by atoms with E-state index in [1.807, 2.05) is 18.2 Å². The normalized spacial score (nSPS) is 14.1. The molecule has 1 heterocycles. The minimum Gasteiger partial charge on any atom is -0.490 e. The Morgan fingerprint density at radius 1 is 1.31 bits per heavy atom. The van der Waals surface area contributed by atoms with Crippen molar-refractivity contribution in [3.05, 3.63) is 29.8 Å². The van der Waals surface area contributed by atoms with Crippen LogP contribution in [0.2, 0.25) is 0 Å². The number of hydrogen-bond acceptors (Lipinski definition) is 3. The summed E-state index contributed by atoms with van der Waals surface area (Å²) in [6.45, 7) is 5.56. The maximum absolute atomic E-state index is 5.68. The fraction of sp³-hybridized carbons (Fsp3) is 0.333. The largest absolute Gasteiger partial charge is 0.490 e. The Hall–Kier alpha value is -1.35. The van der Waals surface area contributed by atoms with E-state index in [9.17, 15) is 0 Å². The number of anilines is 1. The standard InChI is InChI=1S/C12H14ClNO2/c1-9(13)8-14-10-3-4-11-12(7-10)16-6-2-5-15-11/h3-4,7,14H,1-2,5-6,8H2. The molecular weight excluding hydrogens is 226 g/mol. The second kappa shape index (κ2) is 5.12. The summed E-state index contributed by atoms with van der Waals surface area (Å²) in [6.07, 6.45) is 0.913. The Morgan fingerprint density at radius 2 is 2.06 bits per heavy atom. The zero-order chi connectivity index (χ0) is 11.4. The molecule has 0 bridgehead atoms. The molecule has 0 saturated carbocycles. The Bertz CT molecular complexity index is 393. The zero-order valence-electron chi connectivity index (χ0n) is 8.96. The van der Waals surface area contributed by atoms with E-state index < -0.39 is 0 Å². The van der Waals surface area contributed by atoms with Gasteiger partial charge in [0.15, 0.2) is 11.5 Å². The Kier molecular flexibility index (Phi) is 3.57. The van der Waals surface area contributed by atoms with Gasteiger partial charge in [0.2, 0.25) is 0 Å². The summed E-state index contributed by atoms with van der Waals surface area (Å²) in [5.74, 6) is 1.58. The highest BCUT2D eigenvalue weighted by molar-refractivity contribution is 6.29. The quantitative estimate of drug-likeness (QED) is 0.880. The number of halogens is 1. The molecule has 0 aliphatic carbocycles. The predicted molar refractivity (Wildman–Crippen MR) is 65.5 cm³/mol. The number of rotatable bonds is 3. The van der Waals surface area contributed by atoms with E-state index >= 15 is 0 Å². The first kappa shape index (κ1) is 11.1. The third kappa shape index (κ3) is 2.83. The van der Waals surface area contributed by atoms with Crippen molar-refractivity contribution < 1.29 is 9.47 Å². The number of benzene rings is 1. The van der Waals surface area contributed by atoms with Gasteiger partial charge in [-0.3, -0.25) is 0 Å². The highest BCUT2D eigenvalue weighted by Crippen LogP contribution is 2.32. The molecule has 1 aromatic rings. The van der Waals surface area contributed by atoms with E-state index in [0.29, 0.717) is 24.8 Å². The molecule has 4 heteroatoms. The zero-order valence-corrected chi connectivity index (χ0v) is 9.72. The van der Waals surface area contributed by atoms with Crippen LogP contribution in [-0.4, -0.2) is 19.8 Å². The van der Waals surface area contributed by atoms with Crippen LogP contribution in [0.3, 0.4) is 0 Å². The van der Waals surface area contributed by atoms with Gasteiger partial charge < -0.3 is 14.8 Å². The summed E-state index contributed by atoms with van der Waals surface area (Å²) in [7, 11) is 0. The number of hydrogen-bond donors (Lipinski definition) is 1. The highest BCUT2D eigenvalue weighted by Gasteiger charge is 2.10. The van der Waals surface area contributed by atoms with Crippen molar-refractivity contribution in [1.82, 2.24) is 0 Å². The van der Waals surface area contributed by atoms with Crippen LogP contribution < -0.4 is 14.8 Å². The summed E-state index contributed by atoms with van der Waals surface area (Å²) in [4.78, 5) is 0. The lowest BCUT2D eigenvalue weighted by molar-refractivity contribution is 0.297. The van der Waals surface area contributed by atoms with Crippen molar-refractivity contribution in [3.63, 3.8) is 0 Å². The molecule has 1 N–H and O–H groups in total. The van der Waals surface area contributed by atoms with Gasteiger partial charge in [-0.2, -0.15) is 0 Å². The number of ether oxygens (including phenoxy) is 2. The average molecular weight is 240 g/mol. The third-order valence-electron chi connectivity index (χ3n) is 2.23. The van der Waals surface area contributed by atoms with E-state index in [0.717, 1.165) is 23.6 Å². The summed E-state index contributed by atoms with van der Waals surface area (Å²) in [5.41, 5.74) is 0.950. The first-order valence-electron chi connectivity index (χ1n) is 5.22. The lowest BCUT2D eigenvalue weighted by Gasteiger charge is -2.10. The molecule has 1 aliphatic heterocycles. The second-order valence-electron chi connectivity index (χ2n) is 3.58. The lowest BCUT2D eigenvalue weighted by Crippen LogP contribution is -2.01. The first-order chi connectivity index (χ1) is 7.75. The Balaban J connectivity index is 2.11. The van der Waals surface area contributed by atoms with Gasteiger partial charge in [0.25, 0.3) is 0 Å². The molecule has 0 atom stereocenters. The van der Waals surface area contributed by atoms with Crippen LogP contribution in [0.15, 0.2) is 29.8 Å². The average Bonchev–Trinajstić information content (AvgIpc) is 2.50. The van der Waals surface area contributed by atoms with E-state index in [1.54, 1.807) is 0 Å². The first-order valence-corrected chi connectivity index (χ1v) is 5.60. The van der Waals surface area contributed by atoms with Crippen molar-refractivity contribution in [2.75, 3.05) is 25.1 Å². The van der Waals surface area contributed by atoms with Gasteiger partial charge >= 0.3 is 0 Å². The molecule has 1 aromatic carbocycles. The van der Waals surface area contributed by atoms with Gasteiger partial charge in [0.05, 0.1) is 19.8 Å². The van der Waals surface area contributed by atoms with Crippen LogP contribution in [0.4, 0.5) is 5.69 Å². The molecule has 2 rings (SSSR count). The van der Waals surface area contributed by atoms with E-state index in [-0.39, 0.29) is 0 Å². The maximum atomic E-state index is 5.68. The highest BCUT2D eigenvalue weighted by atomic mass is 35.5. The van der Waals surface area contributed by atoms with Crippen molar-refractivity contribution in [1.29, 1.82) is 0 Å². The summed E-state index contributed by atoms with van der Waals surface area (Å²) in [5, 5.41) is 3.72. The predicted octanol–water partition coefficient (Wildman–Crippen LogP) is 3.01. The molecule has 3 nitrogen and oxygen atoms in total. The Morgan fingerprint density at radius 3 is 2.81 bits per heavy atom. The van der Waals surface area contributed by atoms with E-state index in [2.05, 4.69) is 11.9 Å². The SMILES string of the molecule is C=C(Cl)CNc1ccc2c(c1)OCCCO2. The molecule has 1 aliphatic rings. The fourth-order valence-electron chi connectivity index (χ4n) is 1.47. The van der Waals surface area contributed by atoms with Gasteiger partial charge in [-0.05, 0) is 12.1 Å². The molecule has 0 spiro atoms. The molecule has 0 aromatic heterocycles. The minimum absolute atomic E-state index is 0.543. The summed E-state index contributed by atoms with van der Waals surface area (Å²) >= 11 is 5.68. The number of nitrogens with one attached hydrogen (secondary N) is 1. The summed E-state index contributed by atoms with van der Waals surface area (Å²) < 4.78 is 11.1. The lowest BCUT2D eigenvalue weighted by atomic mass is 10.2. The molecule has 86 valence electrons. The molecule has 0 fully saturated rings. The monoisotopic (exact) mass is 239 g/mol. The van der Waals surface area contributed by atoms with Crippen LogP contribution in [0.5, 0.6) is 11.5 Å². The maximum Gasteiger partial charge on any atom is 0.163 e. The molecule has 0 radical (unpaired) electrons. The van der Waals surface area contributed by atoms with E-state index in [4.69, 9.17) is 21.1 Å². The molecule has 0 saturated heterocycles. The van der Waals surface area contributed by atoms with Gasteiger partial charge in [0.1, 0.15) is 0 Å². The molecule has 0 amide bonds. The minimum atomic E-state index is 0.543. The third-order valence-corrected chi connectivity index (χ3v) is 2.37. The molecule has 16 heavy (non-hydrogen) atoms. The van der Waals surface area contributed by atoms with Gasteiger partial charge in [-0.15, -0.1) is 0 Å². The van der Waals surface area contributed by atoms with E-state index in [1.165, 1.54) is 0 Å². The van der Waals surface area contributed by atoms with Crippen molar-refractivity contribution in [3.8, 4) is 11.5 Å².